The van der Waals surface area contributed by atoms with Crippen LogP contribution in [0.5, 0.6) is 0 Å². The maximum Gasteiger partial charge on any atom is 0.300 e. The van der Waals surface area contributed by atoms with E-state index in [2.05, 4.69) is 4.98 Å². The molecule has 2 aromatic carbocycles. The average molecular weight is 437 g/mol. The maximum atomic E-state index is 14.6. The van der Waals surface area contributed by atoms with Gasteiger partial charge in [0.1, 0.15) is 17.4 Å². The number of Topliss-reactive ketones (excluding diaryl/α,β-unsaturated/α-hetero) is 1. The number of aliphatic hydroxyl groups is 1. The number of hydrogen-bond donors (Lipinski definition) is 1. The summed E-state index contributed by atoms with van der Waals surface area (Å²) in [4.78, 5) is 40.7. The fraction of sp³-hybridized carbons (Fsp3) is 0.0455. The third kappa shape index (κ3) is 3.47. The largest absolute Gasteiger partial charge is 0.507 e. The van der Waals surface area contributed by atoms with E-state index in [-0.39, 0.29) is 22.4 Å². The number of nitro groups is 1. The van der Waals surface area contributed by atoms with Crippen LogP contribution in [-0.4, -0.2) is 26.7 Å². The van der Waals surface area contributed by atoms with Crippen molar-refractivity contribution in [2.24, 2.45) is 0 Å². The molecule has 10 heteroatoms. The van der Waals surface area contributed by atoms with Crippen molar-refractivity contribution in [1.29, 1.82) is 0 Å². The molecule has 0 bridgehead atoms. The predicted octanol–water partition coefficient (Wildman–Crippen LogP) is 3.89. The molecule has 1 unspecified atom stereocenters. The molecule has 0 radical (unpaired) electrons. The third-order valence-corrected chi connectivity index (χ3v) is 4.96. The number of rotatable bonds is 4. The van der Waals surface area contributed by atoms with Crippen LogP contribution in [0.3, 0.4) is 0 Å². The van der Waals surface area contributed by atoms with Gasteiger partial charge in [0.15, 0.2) is 0 Å². The van der Waals surface area contributed by atoms with E-state index in [9.17, 15) is 33.6 Å². The molecule has 1 amide bonds. The van der Waals surface area contributed by atoms with Crippen LogP contribution in [0, 0.1) is 21.7 Å². The molecule has 3 aromatic rings. The van der Waals surface area contributed by atoms with Crippen LogP contribution in [0.15, 0.2) is 72.6 Å². The van der Waals surface area contributed by atoms with Crippen molar-refractivity contribution in [3.8, 4) is 0 Å². The number of anilines is 1. The highest BCUT2D eigenvalue weighted by molar-refractivity contribution is 6.51. The smallest absolute Gasteiger partial charge is 0.300 e. The van der Waals surface area contributed by atoms with Gasteiger partial charge in [-0.15, -0.1) is 0 Å². The number of halogens is 2. The highest BCUT2D eigenvalue weighted by Gasteiger charge is 2.48. The van der Waals surface area contributed by atoms with Crippen molar-refractivity contribution >= 4 is 28.8 Å². The van der Waals surface area contributed by atoms with Gasteiger partial charge in [-0.2, -0.15) is 0 Å². The molecule has 0 spiro atoms. The van der Waals surface area contributed by atoms with E-state index in [1.54, 1.807) is 0 Å². The number of nitrogens with zero attached hydrogens (tertiary/aromatic N) is 3. The van der Waals surface area contributed by atoms with Crippen LogP contribution in [0.4, 0.5) is 20.2 Å². The number of amides is 1. The van der Waals surface area contributed by atoms with Gasteiger partial charge < -0.3 is 5.11 Å². The molecule has 1 atom stereocenters. The summed E-state index contributed by atoms with van der Waals surface area (Å²) in [6.07, 6.45) is 2.76. The number of aromatic nitrogens is 1. The molecule has 1 aromatic heterocycles. The fourth-order valence-electron chi connectivity index (χ4n) is 3.50. The molecule has 2 heterocycles. The van der Waals surface area contributed by atoms with Crippen LogP contribution in [0.25, 0.3) is 5.76 Å². The van der Waals surface area contributed by atoms with E-state index in [1.165, 1.54) is 36.7 Å². The minimum atomic E-state index is -1.31. The Hall–Kier alpha value is -4.47. The summed E-state index contributed by atoms with van der Waals surface area (Å²) in [6, 6.07) is 8.85. The molecule has 4 rings (SSSR count). The minimum absolute atomic E-state index is 0.0298. The number of carbonyl (C=O) groups is 2. The summed E-state index contributed by atoms with van der Waals surface area (Å²) < 4.78 is 28.4. The molecule has 1 aliphatic rings. The van der Waals surface area contributed by atoms with Gasteiger partial charge in [-0.05, 0) is 35.9 Å². The predicted molar refractivity (Wildman–Crippen MR) is 108 cm³/mol. The number of nitro benzene ring substituents is 1. The summed E-state index contributed by atoms with van der Waals surface area (Å²) in [5.41, 5.74) is -0.821. The van der Waals surface area contributed by atoms with E-state index >= 15 is 0 Å². The first-order valence-corrected chi connectivity index (χ1v) is 9.20. The highest BCUT2D eigenvalue weighted by atomic mass is 19.1. The quantitative estimate of drug-likeness (QED) is 0.218. The van der Waals surface area contributed by atoms with Gasteiger partial charge in [0, 0.05) is 36.2 Å². The van der Waals surface area contributed by atoms with Gasteiger partial charge in [-0.3, -0.25) is 29.6 Å². The van der Waals surface area contributed by atoms with Gasteiger partial charge in [0.2, 0.25) is 0 Å². The molecule has 1 aliphatic heterocycles. The molecule has 32 heavy (non-hydrogen) atoms. The van der Waals surface area contributed by atoms with Crippen LogP contribution in [0.2, 0.25) is 0 Å². The van der Waals surface area contributed by atoms with Crippen LogP contribution in [0.1, 0.15) is 17.2 Å². The van der Waals surface area contributed by atoms with Gasteiger partial charge in [-0.25, -0.2) is 8.78 Å². The Morgan fingerprint density at radius 3 is 2.44 bits per heavy atom. The van der Waals surface area contributed by atoms with E-state index in [0.29, 0.717) is 0 Å². The summed E-state index contributed by atoms with van der Waals surface area (Å²) in [5, 5.41) is 21.8. The van der Waals surface area contributed by atoms with Gasteiger partial charge in [0.25, 0.3) is 17.4 Å². The van der Waals surface area contributed by atoms with E-state index in [1.807, 2.05) is 0 Å². The maximum absolute atomic E-state index is 14.6. The molecule has 1 saturated heterocycles. The monoisotopic (exact) mass is 437 g/mol. The first kappa shape index (κ1) is 20.8. The second-order valence-electron chi connectivity index (χ2n) is 6.86. The standard InChI is InChI=1S/C22H13F2N3O5/c23-14-5-8-16(24)17(10-14)26-19(13-2-1-9-25-11-13)18(21(29)22(26)30)20(28)12-3-6-15(7-4-12)27(31)32/h1-11,19,28H/b20-18+. The molecule has 1 fully saturated rings. The molecule has 0 saturated carbocycles. The number of hydrogen-bond acceptors (Lipinski definition) is 6. The van der Waals surface area contributed by atoms with Crippen LogP contribution >= 0.6 is 0 Å². The number of non-ortho nitro benzene ring substituents is 1. The topological polar surface area (TPSA) is 114 Å². The molecular weight excluding hydrogens is 424 g/mol. The molecule has 0 aliphatic carbocycles. The van der Waals surface area contributed by atoms with Gasteiger partial charge in [0.05, 0.1) is 22.2 Å². The van der Waals surface area contributed by atoms with Gasteiger partial charge in [-0.1, -0.05) is 6.07 Å². The summed E-state index contributed by atoms with van der Waals surface area (Å²) >= 11 is 0. The molecule has 1 N–H and O–H groups in total. The second-order valence-corrected chi connectivity index (χ2v) is 6.86. The first-order valence-electron chi connectivity index (χ1n) is 9.20. The Morgan fingerprint density at radius 1 is 1.09 bits per heavy atom. The molecular formula is C22H13F2N3O5. The highest BCUT2D eigenvalue weighted by Crippen LogP contribution is 2.42. The first-order chi connectivity index (χ1) is 15.3. The van der Waals surface area contributed by atoms with Crippen molar-refractivity contribution in [2.75, 3.05) is 4.90 Å². The van der Waals surface area contributed by atoms with Gasteiger partial charge >= 0.3 is 0 Å². The van der Waals surface area contributed by atoms with Crippen molar-refractivity contribution < 1.29 is 28.4 Å². The van der Waals surface area contributed by atoms with E-state index in [0.717, 1.165) is 35.2 Å². The number of ketones is 1. The Bertz CT molecular complexity index is 1280. The Labute approximate surface area is 179 Å². The SMILES string of the molecule is O=C1C(=O)N(c2cc(F)ccc2F)C(c2cccnc2)/C1=C(\O)c1ccc([N+](=O)[O-])cc1. The Morgan fingerprint density at radius 2 is 1.81 bits per heavy atom. The normalized spacial score (nSPS) is 17.6. The molecule has 160 valence electrons. The van der Waals surface area contributed by atoms with Crippen molar-refractivity contribution in [2.45, 2.75) is 6.04 Å². The van der Waals surface area contributed by atoms with Crippen molar-refractivity contribution in [3.05, 3.63) is 105 Å². The van der Waals surface area contributed by atoms with Crippen LogP contribution < -0.4 is 4.90 Å². The third-order valence-electron chi connectivity index (χ3n) is 4.96. The fourth-order valence-corrected chi connectivity index (χ4v) is 3.50. The Balaban J connectivity index is 1.94. The lowest BCUT2D eigenvalue weighted by molar-refractivity contribution is -0.384. The van der Waals surface area contributed by atoms with E-state index < -0.39 is 45.7 Å². The minimum Gasteiger partial charge on any atom is -0.507 e. The number of pyridine rings is 1. The Kier molecular flexibility index (Phi) is 5.19. The van der Waals surface area contributed by atoms with Crippen LogP contribution in [-0.2, 0) is 9.59 Å². The summed E-state index contributed by atoms with van der Waals surface area (Å²) in [5.74, 6) is -4.70. The number of carbonyl (C=O) groups excluding carboxylic acids is 2. The van der Waals surface area contributed by atoms with Crippen molar-refractivity contribution in [3.63, 3.8) is 0 Å². The second kappa shape index (κ2) is 7.99. The van der Waals surface area contributed by atoms with E-state index in [4.69, 9.17) is 0 Å². The zero-order chi connectivity index (χ0) is 23.0. The lowest BCUT2D eigenvalue weighted by atomic mass is 9.96. The lowest BCUT2D eigenvalue weighted by Crippen LogP contribution is -2.30. The zero-order valence-electron chi connectivity index (χ0n) is 16.1. The van der Waals surface area contributed by atoms with Crippen molar-refractivity contribution in [1.82, 2.24) is 4.98 Å². The summed E-state index contributed by atoms with van der Waals surface area (Å²) in [6.45, 7) is 0. The summed E-state index contributed by atoms with van der Waals surface area (Å²) in [7, 11) is 0. The molecule has 8 nitrogen and oxygen atoms in total. The number of aliphatic hydroxyl groups excluding tert-OH is 1. The average Bonchev–Trinajstić information content (AvgIpc) is 3.06. The number of benzene rings is 2. The zero-order valence-corrected chi connectivity index (χ0v) is 16.1. The lowest BCUT2D eigenvalue weighted by Gasteiger charge is -2.25.